The Morgan fingerprint density at radius 2 is 2.24 bits per heavy atom. The van der Waals surface area contributed by atoms with Crippen LogP contribution in [-0.4, -0.2) is 58.4 Å². The minimum absolute atomic E-state index is 0.0512. The van der Waals surface area contributed by atoms with Crippen molar-refractivity contribution in [3.8, 4) is 0 Å². The summed E-state index contributed by atoms with van der Waals surface area (Å²) in [6, 6.07) is 7.25. The molecule has 138 valence electrons. The molecular weight excluding hydrogens is 340 g/mol. The fourth-order valence-corrected chi connectivity index (χ4v) is 4.93. The first-order valence-electron chi connectivity index (χ1n) is 8.77. The fraction of sp³-hybridized carbons (Fsp3) is 0.611. The Morgan fingerprint density at radius 3 is 3.04 bits per heavy atom. The zero-order valence-corrected chi connectivity index (χ0v) is 15.3. The zero-order valence-electron chi connectivity index (χ0n) is 14.5. The van der Waals surface area contributed by atoms with Crippen molar-refractivity contribution in [2.45, 2.75) is 37.2 Å². The Morgan fingerprint density at radius 1 is 1.40 bits per heavy atom. The van der Waals surface area contributed by atoms with Gasteiger partial charge in [-0.3, -0.25) is 4.21 Å². The van der Waals surface area contributed by atoms with Gasteiger partial charge >= 0.3 is 6.03 Å². The summed E-state index contributed by atoms with van der Waals surface area (Å²) in [6.45, 7) is 1.17. The Balaban J connectivity index is 1.60. The van der Waals surface area contributed by atoms with E-state index >= 15 is 0 Å². The number of nitrogens with one attached hydrogen (secondary N) is 1. The van der Waals surface area contributed by atoms with Crippen molar-refractivity contribution in [1.29, 1.82) is 0 Å². The van der Waals surface area contributed by atoms with Crippen LogP contribution in [-0.2, 0) is 21.3 Å². The van der Waals surface area contributed by atoms with Gasteiger partial charge < -0.3 is 20.1 Å². The van der Waals surface area contributed by atoms with Gasteiger partial charge in [-0.25, -0.2) is 4.79 Å². The lowest BCUT2D eigenvalue weighted by atomic mass is 10.0. The average molecular weight is 366 g/mol. The number of likely N-dealkylation sites (tertiary alicyclic amines) is 1. The van der Waals surface area contributed by atoms with Crippen LogP contribution in [0.1, 0.15) is 24.8 Å². The maximum Gasteiger partial charge on any atom is 0.322 e. The number of rotatable bonds is 6. The maximum atomic E-state index is 12.6. The van der Waals surface area contributed by atoms with Crippen LogP contribution in [0.5, 0.6) is 0 Å². The Kier molecular flexibility index (Phi) is 6.09. The van der Waals surface area contributed by atoms with E-state index in [-0.39, 0.29) is 12.1 Å². The second-order valence-electron chi connectivity index (χ2n) is 6.79. The molecule has 1 aromatic rings. The normalized spacial score (nSPS) is 26.5. The number of anilines is 1. The first-order chi connectivity index (χ1) is 12.1. The van der Waals surface area contributed by atoms with E-state index in [2.05, 4.69) is 5.32 Å². The van der Waals surface area contributed by atoms with Gasteiger partial charge in [0.2, 0.25) is 0 Å². The zero-order chi connectivity index (χ0) is 17.8. The molecule has 2 N–H and O–H groups in total. The summed E-state index contributed by atoms with van der Waals surface area (Å²) >= 11 is 0. The smallest absolute Gasteiger partial charge is 0.322 e. The highest BCUT2D eigenvalue weighted by atomic mass is 32.2. The molecule has 3 rings (SSSR count). The molecule has 2 aliphatic rings. The minimum atomic E-state index is -0.983. The third-order valence-electron chi connectivity index (χ3n) is 5.09. The minimum Gasteiger partial charge on any atom is -0.391 e. The number of hydrogen-bond acceptors (Lipinski definition) is 4. The molecule has 1 heterocycles. The van der Waals surface area contributed by atoms with Crippen LogP contribution < -0.4 is 5.32 Å². The summed E-state index contributed by atoms with van der Waals surface area (Å²) in [5.74, 6) is 1.37. The van der Waals surface area contributed by atoms with E-state index in [0.29, 0.717) is 36.3 Å². The Bertz CT molecular complexity index is 639. The van der Waals surface area contributed by atoms with Gasteiger partial charge in [-0.05, 0) is 42.9 Å². The molecule has 0 bridgehead atoms. The van der Waals surface area contributed by atoms with Gasteiger partial charge in [0, 0.05) is 41.6 Å². The predicted octanol–water partition coefficient (Wildman–Crippen LogP) is 1.96. The van der Waals surface area contributed by atoms with Crippen LogP contribution >= 0.6 is 0 Å². The first-order valence-corrected chi connectivity index (χ1v) is 10.3. The summed E-state index contributed by atoms with van der Waals surface area (Å²) < 4.78 is 16.9. The van der Waals surface area contributed by atoms with Crippen molar-refractivity contribution < 1.29 is 18.8 Å². The number of hydrogen-bond donors (Lipinski definition) is 2. The Labute approximate surface area is 151 Å². The summed E-state index contributed by atoms with van der Waals surface area (Å²) in [4.78, 5) is 14.4. The van der Waals surface area contributed by atoms with Gasteiger partial charge in [0.25, 0.3) is 0 Å². The number of aliphatic hydroxyl groups excluding tert-OH is 1. The molecule has 0 aromatic heterocycles. The lowest BCUT2D eigenvalue weighted by molar-refractivity contribution is 0.101. The molecule has 2 fully saturated rings. The quantitative estimate of drug-likeness (QED) is 0.807. The second-order valence-corrected chi connectivity index (χ2v) is 8.37. The second kappa shape index (κ2) is 8.29. The third kappa shape index (κ3) is 4.40. The molecule has 7 heteroatoms. The van der Waals surface area contributed by atoms with Gasteiger partial charge in [-0.15, -0.1) is 0 Å². The molecule has 1 aliphatic carbocycles. The van der Waals surface area contributed by atoms with Crippen molar-refractivity contribution in [2.75, 3.05) is 31.3 Å². The summed E-state index contributed by atoms with van der Waals surface area (Å²) in [7, 11) is 0.611. The molecule has 1 aromatic carbocycles. The number of carbonyl (C=O) groups is 1. The van der Waals surface area contributed by atoms with Gasteiger partial charge in [0.05, 0.1) is 18.8 Å². The third-order valence-corrected chi connectivity index (χ3v) is 6.37. The van der Waals surface area contributed by atoms with Gasteiger partial charge in [0.1, 0.15) is 0 Å². The lowest BCUT2D eigenvalue weighted by Gasteiger charge is -2.27. The summed E-state index contributed by atoms with van der Waals surface area (Å²) in [6.07, 6.45) is 2.33. The average Bonchev–Trinajstić information content (AvgIpc) is 3.16. The number of nitrogens with zero attached hydrogens (tertiary/aromatic N) is 1. The number of ether oxygens (including phenoxy) is 1. The molecule has 1 aliphatic heterocycles. The highest BCUT2D eigenvalue weighted by Crippen LogP contribution is 2.38. The van der Waals surface area contributed by atoms with E-state index in [4.69, 9.17) is 4.74 Å². The van der Waals surface area contributed by atoms with E-state index in [1.54, 1.807) is 12.0 Å². The molecule has 0 spiro atoms. The number of carbonyl (C=O) groups excluding carboxylic acids is 1. The van der Waals surface area contributed by atoms with Crippen LogP contribution in [0.25, 0.3) is 0 Å². The van der Waals surface area contributed by atoms with E-state index in [1.165, 1.54) is 0 Å². The predicted molar refractivity (Wildman–Crippen MR) is 97.9 cm³/mol. The van der Waals surface area contributed by atoms with Crippen molar-refractivity contribution in [2.24, 2.45) is 5.92 Å². The van der Waals surface area contributed by atoms with Crippen LogP contribution in [0.15, 0.2) is 24.3 Å². The highest BCUT2D eigenvalue weighted by molar-refractivity contribution is 7.84. The Hall–Kier alpha value is -1.44. The molecule has 4 atom stereocenters. The van der Waals surface area contributed by atoms with E-state index in [0.717, 1.165) is 24.8 Å². The van der Waals surface area contributed by atoms with Crippen LogP contribution in [0.2, 0.25) is 0 Å². The summed E-state index contributed by atoms with van der Waals surface area (Å²) in [5.41, 5.74) is 1.62. The monoisotopic (exact) mass is 366 g/mol. The standard InChI is InChI=1S/C18H26N2O4S/c1-24-9-10-25(23)12-13-3-2-4-15(11-13)19-18(22)20-8-7-14-5-6-16(21)17(14)20/h2-4,11,14,16-17,21H,5-10,12H2,1H3,(H,19,22)/t14-,16+,17+,25?/m0/s1. The molecule has 6 nitrogen and oxygen atoms in total. The number of aliphatic hydroxyl groups is 1. The van der Waals surface area contributed by atoms with Crippen LogP contribution in [0, 0.1) is 5.92 Å². The van der Waals surface area contributed by atoms with Crippen LogP contribution in [0.4, 0.5) is 10.5 Å². The van der Waals surface area contributed by atoms with Crippen molar-refractivity contribution >= 4 is 22.5 Å². The molecular formula is C18H26N2O4S. The lowest BCUT2D eigenvalue weighted by Crippen LogP contribution is -2.44. The largest absolute Gasteiger partial charge is 0.391 e. The maximum absolute atomic E-state index is 12.6. The SMILES string of the molecule is COCCS(=O)Cc1cccc(NC(=O)N2CC[C@@H]3CC[C@@H](O)[C@@H]32)c1. The van der Waals surface area contributed by atoms with Crippen molar-refractivity contribution in [1.82, 2.24) is 4.90 Å². The van der Waals surface area contributed by atoms with Gasteiger partial charge in [0.15, 0.2) is 0 Å². The van der Waals surface area contributed by atoms with Gasteiger partial charge in [-0.1, -0.05) is 12.1 Å². The van der Waals surface area contributed by atoms with Crippen molar-refractivity contribution in [3.63, 3.8) is 0 Å². The molecule has 1 saturated heterocycles. The number of urea groups is 1. The summed E-state index contributed by atoms with van der Waals surface area (Å²) in [5, 5.41) is 13.1. The highest BCUT2D eigenvalue weighted by Gasteiger charge is 2.45. The number of fused-ring (bicyclic) bond motifs is 1. The molecule has 0 radical (unpaired) electrons. The topological polar surface area (TPSA) is 78.9 Å². The fourth-order valence-electron chi connectivity index (χ4n) is 3.88. The molecule has 25 heavy (non-hydrogen) atoms. The van der Waals surface area contributed by atoms with E-state index in [9.17, 15) is 14.1 Å². The number of amides is 2. The van der Waals surface area contributed by atoms with Gasteiger partial charge in [-0.2, -0.15) is 0 Å². The van der Waals surface area contributed by atoms with E-state index in [1.807, 2.05) is 24.3 Å². The van der Waals surface area contributed by atoms with Crippen LogP contribution in [0.3, 0.4) is 0 Å². The molecule has 2 amide bonds. The first kappa shape index (κ1) is 18.4. The van der Waals surface area contributed by atoms with Crippen molar-refractivity contribution in [3.05, 3.63) is 29.8 Å². The molecule has 1 unspecified atom stereocenters. The van der Waals surface area contributed by atoms with E-state index < -0.39 is 16.9 Å². The number of benzene rings is 1. The number of methoxy groups -OCH3 is 1. The molecule has 1 saturated carbocycles.